The fourth-order valence-corrected chi connectivity index (χ4v) is 1.78. The molecule has 2 N–H and O–H groups in total. The highest BCUT2D eigenvalue weighted by molar-refractivity contribution is 9.10. The molecule has 9 heteroatoms. The number of nitrogens with one attached hydrogen (secondary N) is 1. The molecule has 1 rings (SSSR count). The van der Waals surface area contributed by atoms with Crippen LogP contribution in [0.4, 0.5) is 14.5 Å². The first kappa shape index (κ1) is 16.1. The van der Waals surface area contributed by atoms with E-state index in [4.69, 9.17) is 20.9 Å². The molecule has 21 heavy (non-hydrogen) atoms. The molecule has 0 unspecified atom stereocenters. The molecule has 0 aliphatic carbocycles. The number of allylic oxidation sites excluding steroid dienone is 2. The third-order valence-corrected chi connectivity index (χ3v) is 2.85. The van der Waals surface area contributed by atoms with Gasteiger partial charge in [0.25, 0.3) is 0 Å². The largest absolute Gasteiger partial charge is 0.478 e. The summed E-state index contributed by atoms with van der Waals surface area (Å²) in [5.41, 5.74) is -2.74. The van der Waals surface area contributed by atoms with Gasteiger partial charge in [0.2, 0.25) is 0 Å². The highest BCUT2D eigenvalue weighted by atomic mass is 79.9. The van der Waals surface area contributed by atoms with Crippen molar-refractivity contribution in [3.8, 4) is 18.2 Å². The first-order valence-electron chi connectivity index (χ1n) is 4.99. The summed E-state index contributed by atoms with van der Waals surface area (Å²) in [6.07, 6.45) is 0. The van der Waals surface area contributed by atoms with E-state index in [9.17, 15) is 13.6 Å². The van der Waals surface area contributed by atoms with Gasteiger partial charge < -0.3 is 10.4 Å². The van der Waals surface area contributed by atoms with Crippen molar-refractivity contribution in [1.82, 2.24) is 0 Å². The Morgan fingerprint density at radius 3 is 2.19 bits per heavy atom. The van der Waals surface area contributed by atoms with Crippen LogP contribution in [0.2, 0.25) is 0 Å². The van der Waals surface area contributed by atoms with Gasteiger partial charge in [-0.3, -0.25) is 0 Å². The highest BCUT2D eigenvalue weighted by Crippen LogP contribution is 2.31. The smallest absolute Gasteiger partial charge is 0.338 e. The number of aromatic carboxylic acids is 1. The molecule has 1 aromatic rings. The van der Waals surface area contributed by atoms with Crippen LogP contribution < -0.4 is 5.32 Å². The maximum Gasteiger partial charge on any atom is 0.338 e. The van der Waals surface area contributed by atoms with E-state index >= 15 is 0 Å². The average Bonchev–Trinajstić information content (AvgIpc) is 2.46. The predicted octanol–water partition coefficient (Wildman–Crippen LogP) is 2.66. The van der Waals surface area contributed by atoms with Gasteiger partial charge >= 0.3 is 5.97 Å². The maximum atomic E-state index is 13.8. The second-order valence-electron chi connectivity index (χ2n) is 3.42. The second-order valence-corrected chi connectivity index (χ2v) is 4.28. The normalized spacial score (nSPS) is 8.95. The molecule has 104 valence electrons. The van der Waals surface area contributed by atoms with Crippen LogP contribution in [0.15, 0.2) is 21.8 Å². The van der Waals surface area contributed by atoms with Crippen molar-refractivity contribution in [3.05, 3.63) is 39.0 Å². The van der Waals surface area contributed by atoms with E-state index in [0.717, 1.165) is 6.07 Å². The van der Waals surface area contributed by atoms with Crippen molar-refractivity contribution in [2.45, 2.75) is 0 Å². The Bertz CT molecular complexity index is 768. The molecule has 0 bridgehead atoms. The summed E-state index contributed by atoms with van der Waals surface area (Å²) in [6, 6.07) is 5.08. The van der Waals surface area contributed by atoms with E-state index in [-0.39, 0.29) is 4.47 Å². The molecule has 0 aliphatic heterocycles. The Labute approximate surface area is 125 Å². The molecule has 0 aliphatic rings. The Hall–Kier alpha value is -2.96. The third-order valence-electron chi connectivity index (χ3n) is 2.22. The summed E-state index contributed by atoms with van der Waals surface area (Å²) in [6.45, 7) is 0. The molecule has 1 aromatic carbocycles. The lowest BCUT2D eigenvalue weighted by molar-refractivity contribution is 0.0690. The summed E-state index contributed by atoms with van der Waals surface area (Å²) >= 11 is 2.82. The van der Waals surface area contributed by atoms with Gasteiger partial charge in [-0.05, 0) is 22.0 Å². The first-order chi connectivity index (χ1) is 9.87. The quantitative estimate of drug-likeness (QED) is 0.637. The fourth-order valence-electron chi connectivity index (χ4n) is 1.27. The van der Waals surface area contributed by atoms with E-state index < -0.39 is 40.1 Å². The van der Waals surface area contributed by atoms with Gasteiger partial charge in [0.05, 0.1) is 11.3 Å². The Morgan fingerprint density at radius 2 is 1.76 bits per heavy atom. The van der Waals surface area contributed by atoms with Gasteiger partial charge in [-0.1, -0.05) is 0 Å². The highest BCUT2D eigenvalue weighted by Gasteiger charge is 2.22. The van der Waals surface area contributed by atoms with Crippen LogP contribution in [-0.2, 0) is 0 Å². The minimum absolute atomic E-state index is 0.193. The molecule has 0 saturated carbocycles. The Balaban J connectivity index is 3.49. The average molecular weight is 353 g/mol. The molecule has 0 saturated heterocycles. The van der Waals surface area contributed by atoms with Crippen molar-refractivity contribution >= 4 is 27.6 Å². The number of carbonyl (C=O) groups is 1. The van der Waals surface area contributed by atoms with E-state index in [2.05, 4.69) is 21.2 Å². The van der Waals surface area contributed by atoms with Crippen molar-refractivity contribution in [3.63, 3.8) is 0 Å². The Kier molecular flexibility index (Phi) is 4.96. The van der Waals surface area contributed by atoms with Crippen LogP contribution in [0.25, 0.3) is 0 Å². The lowest BCUT2D eigenvalue weighted by Crippen LogP contribution is -2.09. The van der Waals surface area contributed by atoms with Crippen LogP contribution in [0, 0.1) is 45.6 Å². The minimum Gasteiger partial charge on any atom is -0.478 e. The van der Waals surface area contributed by atoms with Crippen LogP contribution in [0.1, 0.15) is 10.4 Å². The second kappa shape index (κ2) is 6.47. The minimum atomic E-state index is -1.68. The number of halogens is 3. The maximum absolute atomic E-state index is 13.8. The van der Waals surface area contributed by atoms with E-state index in [1.165, 1.54) is 18.2 Å². The number of rotatable bonds is 3. The standard InChI is InChI=1S/C12H3BrF2N4O2/c13-7-1-6(12(20)21)9(14)10(15)11(7)19-8(4-18)5(2-16)3-17/h1,19H,(H,20,21). The number of hydrogen-bond donors (Lipinski definition) is 2. The third kappa shape index (κ3) is 3.14. The molecular formula is C12H3BrF2N4O2. The monoisotopic (exact) mass is 352 g/mol. The summed E-state index contributed by atoms with van der Waals surface area (Å²) in [5, 5.41) is 36.9. The van der Waals surface area contributed by atoms with E-state index in [0.29, 0.717) is 0 Å². The summed E-state index contributed by atoms with van der Waals surface area (Å²) in [5.74, 6) is -4.88. The number of nitriles is 3. The van der Waals surface area contributed by atoms with Crippen LogP contribution >= 0.6 is 15.9 Å². The molecule has 0 amide bonds. The van der Waals surface area contributed by atoms with Gasteiger partial charge in [0.15, 0.2) is 17.2 Å². The van der Waals surface area contributed by atoms with Crippen molar-refractivity contribution < 1.29 is 18.7 Å². The number of nitrogens with zero attached hydrogens (tertiary/aromatic N) is 3. The SMILES string of the molecule is N#CC(C#N)=C(C#N)Nc1c(Br)cc(C(=O)O)c(F)c1F. The van der Waals surface area contributed by atoms with Gasteiger partial charge in [-0.25, -0.2) is 13.6 Å². The zero-order valence-electron chi connectivity index (χ0n) is 9.91. The zero-order chi connectivity index (χ0) is 16.2. The number of carboxylic acid groups (broad SMARTS) is 1. The summed E-state index contributed by atoms with van der Waals surface area (Å²) < 4.78 is 27.2. The number of anilines is 1. The van der Waals surface area contributed by atoms with Crippen molar-refractivity contribution in [2.75, 3.05) is 5.32 Å². The molecule has 0 fully saturated rings. The van der Waals surface area contributed by atoms with E-state index in [1.54, 1.807) is 0 Å². The number of benzene rings is 1. The van der Waals surface area contributed by atoms with Gasteiger partial charge in [-0.2, -0.15) is 15.8 Å². The molecule has 0 atom stereocenters. The van der Waals surface area contributed by atoms with Crippen molar-refractivity contribution in [2.24, 2.45) is 0 Å². The number of carboxylic acids is 1. The van der Waals surface area contributed by atoms with Crippen LogP contribution in [0.3, 0.4) is 0 Å². The molecule has 0 radical (unpaired) electrons. The van der Waals surface area contributed by atoms with E-state index in [1.807, 2.05) is 0 Å². The summed E-state index contributed by atoms with van der Waals surface area (Å²) in [7, 11) is 0. The van der Waals surface area contributed by atoms with Crippen molar-refractivity contribution in [1.29, 1.82) is 15.8 Å². The Morgan fingerprint density at radius 1 is 1.19 bits per heavy atom. The zero-order valence-corrected chi connectivity index (χ0v) is 11.5. The van der Waals surface area contributed by atoms with Gasteiger partial charge in [-0.15, -0.1) is 0 Å². The van der Waals surface area contributed by atoms with Crippen LogP contribution in [-0.4, -0.2) is 11.1 Å². The van der Waals surface area contributed by atoms with Gasteiger partial charge in [0, 0.05) is 4.47 Å². The molecule has 0 aromatic heterocycles. The lowest BCUT2D eigenvalue weighted by atomic mass is 10.1. The summed E-state index contributed by atoms with van der Waals surface area (Å²) in [4.78, 5) is 10.7. The topological polar surface area (TPSA) is 121 Å². The molecule has 6 nitrogen and oxygen atoms in total. The first-order valence-corrected chi connectivity index (χ1v) is 5.79. The lowest BCUT2D eigenvalue weighted by Gasteiger charge is -2.10. The number of hydrogen-bond acceptors (Lipinski definition) is 5. The molecular weight excluding hydrogens is 350 g/mol. The van der Waals surface area contributed by atoms with Crippen LogP contribution in [0.5, 0.6) is 0 Å². The van der Waals surface area contributed by atoms with Gasteiger partial charge in [0.1, 0.15) is 23.9 Å². The molecule has 0 spiro atoms. The predicted molar refractivity (Wildman–Crippen MR) is 68.5 cm³/mol. The fraction of sp³-hybridized carbons (Fsp3) is 0. The molecule has 0 heterocycles.